The van der Waals surface area contributed by atoms with Gasteiger partial charge in [-0.25, -0.2) is 0 Å². The van der Waals surface area contributed by atoms with E-state index in [4.69, 9.17) is 16.3 Å². The summed E-state index contributed by atoms with van der Waals surface area (Å²) >= 11 is 6.16. The largest absolute Gasteiger partial charge is 0.350 e. The number of ether oxygens (including phenoxy) is 1. The molecule has 2 aromatic rings. The van der Waals surface area contributed by atoms with Crippen LogP contribution < -0.4 is 5.32 Å². The van der Waals surface area contributed by atoms with E-state index in [1.165, 1.54) is 12.1 Å². The molecule has 1 N–H and O–H groups in total. The first-order chi connectivity index (χ1) is 10.1. The van der Waals surface area contributed by atoms with Gasteiger partial charge in [-0.05, 0) is 23.8 Å². The van der Waals surface area contributed by atoms with Crippen molar-refractivity contribution in [3.8, 4) is 0 Å². The van der Waals surface area contributed by atoms with Crippen LogP contribution in [0.1, 0.15) is 23.5 Å². The third-order valence-electron chi connectivity index (χ3n) is 3.45. The Kier molecular flexibility index (Phi) is 3.88. The standard InChI is InChI=1S/C15H13ClN2O3/c16-13-4-2-1-3-12(13)15-17-9-14(21-15)10-5-7-11(8-6-10)18(19)20/h1-8,14-15,17H,9H2/t14-,15+/m0/s1. The van der Waals surface area contributed by atoms with E-state index in [-0.39, 0.29) is 18.0 Å². The topological polar surface area (TPSA) is 64.4 Å². The monoisotopic (exact) mass is 304 g/mol. The lowest BCUT2D eigenvalue weighted by atomic mass is 10.1. The number of halogens is 1. The van der Waals surface area contributed by atoms with Gasteiger partial charge in [0.2, 0.25) is 0 Å². The van der Waals surface area contributed by atoms with Crippen LogP contribution in [0, 0.1) is 10.1 Å². The molecule has 0 aromatic heterocycles. The smallest absolute Gasteiger partial charge is 0.269 e. The molecule has 2 atom stereocenters. The molecule has 0 aliphatic carbocycles. The van der Waals surface area contributed by atoms with Crippen molar-refractivity contribution in [1.82, 2.24) is 5.32 Å². The van der Waals surface area contributed by atoms with Crippen molar-refractivity contribution in [2.45, 2.75) is 12.3 Å². The normalized spacial score (nSPS) is 21.4. The van der Waals surface area contributed by atoms with Crippen molar-refractivity contribution in [1.29, 1.82) is 0 Å². The number of non-ortho nitro benzene ring substituents is 1. The van der Waals surface area contributed by atoms with E-state index in [0.717, 1.165) is 11.1 Å². The Morgan fingerprint density at radius 3 is 2.57 bits per heavy atom. The van der Waals surface area contributed by atoms with Crippen LogP contribution in [0.25, 0.3) is 0 Å². The minimum absolute atomic E-state index is 0.0763. The van der Waals surface area contributed by atoms with Gasteiger partial charge in [0, 0.05) is 29.3 Å². The van der Waals surface area contributed by atoms with Crippen LogP contribution in [0.3, 0.4) is 0 Å². The fraction of sp³-hybridized carbons (Fsp3) is 0.200. The van der Waals surface area contributed by atoms with Crippen LogP contribution in [0.5, 0.6) is 0 Å². The molecular weight excluding hydrogens is 292 g/mol. The summed E-state index contributed by atoms with van der Waals surface area (Å²) in [7, 11) is 0. The minimum atomic E-state index is -0.413. The zero-order chi connectivity index (χ0) is 14.8. The predicted molar refractivity (Wildman–Crippen MR) is 79.1 cm³/mol. The third-order valence-corrected chi connectivity index (χ3v) is 3.80. The average molecular weight is 305 g/mol. The highest BCUT2D eigenvalue weighted by Gasteiger charge is 2.28. The summed E-state index contributed by atoms with van der Waals surface area (Å²) in [6.07, 6.45) is -0.411. The zero-order valence-electron chi connectivity index (χ0n) is 11.0. The SMILES string of the molecule is O=[N+]([O-])c1ccc([C@@H]2CN[C@@H](c3ccccc3Cl)O2)cc1. The average Bonchev–Trinajstić information content (AvgIpc) is 2.97. The molecule has 5 nitrogen and oxygen atoms in total. The Hall–Kier alpha value is -1.95. The van der Waals surface area contributed by atoms with Crippen LogP contribution in [0.2, 0.25) is 5.02 Å². The first-order valence-electron chi connectivity index (χ1n) is 6.53. The highest BCUT2D eigenvalue weighted by atomic mass is 35.5. The molecule has 0 spiro atoms. The van der Waals surface area contributed by atoms with Crippen molar-refractivity contribution >= 4 is 17.3 Å². The van der Waals surface area contributed by atoms with Gasteiger partial charge in [-0.3, -0.25) is 15.4 Å². The number of nitrogens with zero attached hydrogens (tertiary/aromatic N) is 1. The van der Waals surface area contributed by atoms with E-state index in [1.54, 1.807) is 12.1 Å². The second-order valence-corrected chi connectivity index (χ2v) is 5.19. The summed E-state index contributed by atoms with van der Waals surface area (Å²) in [5.74, 6) is 0. The van der Waals surface area contributed by atoms with Crippen molar-refractivity contribution in [2.24, 2.45) is 0 Å². The maximum absolute atomic E-state index is 10.7. The van der Waals surface area contributed by atoms with Gasteiger partial charge < -0.3 is 4.74 Å². The molecule has 3 rings (SSSR count). The molecule has 6 heteroatoms. The lowest BCUT2D eigenvalue weighted by molar-refractivity contribution is -0.384. The number of hydrogen-bond donors (Lipinski definition) is 1. The van der Waals surface area contributed by atoms with Crippen LogP contribution in [0.15, 0.2) is 48.5 Å². The molecule has 0 amide bonds. The fourth-order valence-electron chi connectivity index (χ4n) is 2.35. The molecule has 0 unspecified atom stereocenters. The summed E-state index contributed by atoms with van der Waals surface area (Å²) in [6.45, 7) is 0.633. The van der Waals surface area contributed by atoms with Crippen LogP contribution >= 0.6 is 11.6 Å². The van der Waals surface area contributed by atoms with Crippen molar-refractivity contribution in [3.05, 3.63) is 74.8 Å². The van der Waals surface area contributed by atoms with Gasteiger partial charge in [0.15, 0.2) is 0 Å². The Balaban J connectivity index is 1.75. The quantitative estimate of drug-likeness (QED) is 0.695. The van der Waals surface area contributed by atoms with E-state index in [9.17, 15) is 10.1 Å². The Labute approximate surface area is 126 Å². The lowest BCUT2D eigenvalue weighted by Gasteiger charge is -2.14. The number of hydrogen-bond acceptors (Lipinski definition) is 4. The molecule has 1 aliphatic heterocycles. The van der Waals surface area contributed by atoms with E-state index in [0.29, 0.717) is 11.6 Å². The molecule has 1 fully saturated rings. The molecule has 1 heterocycles. The van der Waals surface area contributed by atoms with Crippen molar-refractivity contribution < 1.29 is 9.66 Å². The first kappa shape index (κ1) is 14.0. The van der Waals surface area contributed by atoms with Gasteiger partial charge in [-0.2, -0.15) is 0 Å². The molecule has 0 radical (unpaired) electrons. The Bertz CT molecular complexity index is 660. The summed E-state index contributed by atoms with van der Waals surface area (Å²) in [5.41, 5.74) is 1.87. The van der Waals surface area contributed by atoms with E-state index < -0.39 is 4.92 Å². The Morgan fingerprint density at radius 1 is 1.19 bits per heavy atom. The van der Waals surface area contributed by atoms with Gasteiger partial charge in [0.25, 0.3) is 5.69 Å². The predicted octanol–water partition coefficient (Wildman–Crippen LogP) is 3.61. The number of benzene rings is 2. The van der Waals surface area contributed by atoms with E-state index >= 15 is 0 Å². The second kappa shape index (κ2) is 5.81. The molecule has 21 heavy (non-hydrogen) atoms. The van der Waals surface area contributed by atoms with Gasteiger partial charge in [0.05, 0.1) is 11.0 Å². The minimum Gasteiger partial charge on any atom is -0.350 e. The summed E-state index contributed by atoms with van der Waals surface area (Å²) in [4.78, 5) is 10.2. The lowest BCUT2D eigenvalue weighted by Crippen LogP contribution is -2.14. The van der Waals surface area contributed by atoms with Crippen LogP contribution in [-0.4, -0.2) is 11.5 Å². The number of nitro groups is 1. The number of nitro benzene ring substituents is 1. The first-order valence-corrected chi connectivity index (χ1v) is 6.90. The summed E-state index contributed by atoms with van der Waals surface area (Å²) in [5, 5.41) is 14.6. The van der Waals surface area contributed by atoms with Gasteiger partial charge >= 0.3 is 0 Å². The highest BCUT2D eigenvalue weighted by Crippen LogP contribution is 2.33. The third kappa shape index (κ3) is 2.90. The maximum atomic E-state index is 10.7. The van der Waals surface area contributed by atoms with E-state index in [1.807, 2.05) is 24.3 Å². The molecule has 1 saturated heterocycles. The number of nitrogens with one attached hydrogen (secondary N) is 1. The molecular formula is C15H13ClN2O3. The number of rotatable bonds is 3. The summed E-state index contributed by atoms with van der Waals surface area (Å²) < 4.78 is 5.95. The fourth-order valence-corrected chi connectivity index (χ4v) is 2.59. The zero-order valence-corrected chi connectivity index (χ0v) is 11.8. The van der Waals surface area contributed by atoms with Crippen molar-refractivity contribution in [2.75, 3.05) is 6.54 Å². The molecule has 0 bridgehead atoms. The van der Waals surface area contributed by atoms with Crippen LogP contribution in [-0.2, 0) is 4.74 Å². The molecule has 0 saturated carbocycles. The van der Waals surface area contributed by atoms with Crippen molar-refractivity contribution in [3.63, 3.8) is 0 Å². The van der Waals surface area contributed by atoms with Gasteiger partial charge in [-0.15, -0.1) is 0 Å². The van der Waals surface area contributed by atoms with E-state index in [2.05, 4.69) is 5.32 Å². The summed E-state index contributed by atoms with van der Waals surface area (Å²) in [6, 6.07) is 13.9. The molecule has 2 aromatic carbocycles. The Morgan fingerprint density at radius 2 is 1.90 bits per heavy atom. The molecule has 1 aliphatic rings. The van der Waals surface area contributed by atoms with Gasteiger partial charge in [-0.1, -0.05) is 29.8 Å². The second-order valence-electron chi connectivity index (χ2n) is 4.78. The highest BCUT2D eigenvalue weighted by molar-refractivity contribution is 6.31. The van der Waals surface area contributed by atoms with Crippen LogP contribution in [0.4, 0.5) is 5.69 Å². The van der Waals surface area contributed by atoms with Gasteiger partial charge in [0.1, 0.15) is 6.23 Å². The molecule has 108 valence electrons. The maximum Gasteiger partial charge on any atom is 0.269 e.